The molecular weight excluding hydrogens is 341 g/mol. The van der Waals surface area contributed by atoms with Crippen LogP contribution in [0.5, 0.6) is 0 Å². The molecular formula is C23H46FNO2. The van der Waals surface area contributed by atoms with Gasteiger partial charge in [-0.15, -0.1) is 0 Å². The molecule has 3 nitrogen and oxygen atoms in total. The fraction of sp³-hybridized carbons (Fsp3) is 0.957. The summed E-state index contributed by atoms with van der Waals surface area (Å²) < 4.78 is 19.3. The summed E-state index contributed by atoms with van der Waals surface area (Å²) >= 11 is 0. The van der Waals surface area contributed by atoms with Crippen LogP contribution in [-0.4, -0.2) is 23.9 Å². The fourth-order valence-electron chi connectivity index (χ4n) is 3.19. The highest BCUT2D eigenvalue weighted by Crippen LogP contribution is 2.15. The highest BCUT2D eigenvalue weighted by atomic mass is 19.1. The molecule has 0 aliphatic heterocycles. The summed E-state index contributed by atoms with van der Waals surface area (Å²) in [6.07, 6.45) is 15.7. The Hall–Kier alpha value is -0.800. The van der Waals surface area contributed by atoms with Crippen molar-refractivity contribution in [2.75, 3.05) is 0 Å². The third-order valence-corrected chi connectivity index (χ3v) is 4.87. The van der Waals surface area contributed by atoms with Crippen molar-refractivity contribution in [3.05, 3.63) is 0 Å². The molecule has 0 spiro atoms. The number of alkyl halides is 1. The van der Waals surface area contributed by atoms with Crippen LogP contribution in [0.1, 0.15) is 125 Å². The minimum atomic E-state index is -1.01. The molecule has 0 saturated heterocycles. The van der Waals surface area contributed by atoms with E-state index in [1.165, 1.54) is 70.6 Å². The number of nitrogens with one attached hydrogen (secondary N) is 1. The molecule has 4 heteroatoms. The van der Waals surface area contributed by atoms with Crippen LogP contribution in [0.25, 0.3) is 0 Å². The van der Waals surface area contributed by atoms with Crippen molar-refractivity contribution in [2.45, 2.75) is 142 Å². The van der Waals surface area contributed by atoms with E-state index in [2.05, 4.69) is 12.2 Å². The van der Waals surface area contributed by atoms with Gasteiger partial charge in [0.25, 0.3) is 0 Å². The van der Waals surface area contributed by atoms with Gasteiger partial charge in [-0.1, -0.05) is 90.4 Å². The van der Waals surface area contributed by atoms with Gasteiger partial charge >= 0.3 is 6.09 Å². The molecule has 0 rings (SSSR count). The molecule has 1 N–H and O–H groups in total. The van der Waals surface area contributed by atoms with E-state index < -0.39 is 23.9 Å². The van der Waals surface area contributed by atoms with Gasteiger partial charge in [0.15, 0.2) is 0 Å². The van der Waals surface area contributed by atoms with Gasteiger partial charge in [-0.2, -0.15) is 0 Å². The Bertz CT molecular complexity index is 355. The first-order chi connectivity index (χ1) is 12.8. The van der Waals surface area contributed by atoms with Gasteiger partial charge in [-0.25, -0.2) is 9.18 Å². The van der Waals surface area contributed by atoms with Crippen LogP contribution in [-0.2, 0) is 4.74 Å². The number of rotatable bonds is 16. The minimum absolute atomic E-state index is 0.503. The van der Waals surface area contributed by atoms with Crippen LogP contribution in [0.2, 0.25) is 0 Å². The average molecular weight is 388 g/mol. The van der Waals surface area contributed by atoms with Gasteiger partial charge in [0.2, 0.25) is 0 Å². The van der Waals surface area contributed by atoms with E-state index in [9.17, 15) is 9.18 Å². The maximum atomic E-state index is 14.1. The van der Waals surface area contributed by atoms with E-state index in [4.69, 9.17) is 4.74 Å². The number of amides is 1. The molecule has 0 unspecified atom stereocenters. The van der Waals surface area contributed by atoms with Crippen molar-refractivity contribution in [1.82, 2.24) is 5.32 Å². The molecule has 0 fully saturated rings. The predicted octanol–water partition coefficient (Wildman–Crippen LogP) is 7.72. The van der Waals surface area contributed by atoms with E-state index in [-0.39, 0.29) is 0 Å². The Morgan fingerprint density at radius 1 is 0.852 bits per heavy atom. The molecule has 0 aromatic carbocycles. The normalized spacial score (nSPS) is 14.0. The Kier molecular flexibility index (Phi) is 15.7. The van der Waals surface area contributed by atoms with Gasteiger partial charge in [0, 0.05) is 0 Å². The lowest BCUT2D eigenvalue weighted by Crippen LogP contribution is -2.42. The SMILES string of the molecule is CCCCCCCCCCCCCCC[C@@H](F)[C@H](C)NC(=O)OC(C)(C)C. The van der Waals surface area contributed by atoms with Crippen LogP contribution < -0.4 is 5.32 Å². The number of halogens is 1. The molecule has 0 aromatic heterocycles. The van der Waals surface area contributed by atoms with Crippen molar-refractivity contribution in [2.24, 2.45) is 0 Å². The van der Waals surface area contributed by atoms with Crippen molar-refractivity contribution >= 4 is 6.09 Å². The predicted molar refractivity (Wildman–Crippen MR) is 114 cm³/mol. The maximum absolute atomic E-state index is 14.1. The summed E-state index contributed by atoms with van der Waals surface area (Å²) in [5, 5.41) is 2.60. The Labute approximate surface area is 168 Å². The molecule has 2 atom stereocenters. The quantitative estimate of drug-likeness (QED) is 0.275. The lowest BCUT2D eigenvalue weighted by Gasteiger charge is -2.23. The lowest BCUT2D eigenvalue weighted by molar-refractivity contribution is 0.0478. The van der Waals surface area contributed by atoms with Gasteiger partial charge in [0.05, 0.1) is 6.04 Å². The summed E-state index contributed by atoms with van der Waals surface area (Å²) in [5.74, 6) is 0. The van der Waals surface area contributed by atoms with E-state index in [0.29, 0.717) is 6.42 Å². The third-order valence-electron chi connectivity index (χ3n) is 4.87. The topological polar surface area (TPSA) is 38.3 Å². The first-order valence-electron chi connectivity index (χ1n) is 11.4. The molecule has 0 bridgehead atoms. The molecule has 0 radical (unpaired) electrons. The van der Waals surface area contributed by atoms with Crippen molar-refractivity contribution < 1.29 is 13.9 Å². The number of ether oxygens (including phenoxy) is 1. The highest BCUT2D eigenvalue weighted by molar-refractivity contribution is 5.68. The van der Waals surface area contributed by atoms with E-state index in [0.717, 1.165) is 12.8 Å². The van der Waals surface area contributed by atoms with Crippen LogP contribution in [0.15, 0.2) is 0 Å². The van der Waals surface area contributed by atoms with Crippen LogP contribution in [0.4, 0.5) is 9.18 Å². The lowest BCUT2D eigenvalue weighted by atomic mass is 10.0. The summed E-state index contributed by atoms with van der Waals surface area (Å²) in [7, 11) is 0. The zero-order valence-electron chi connectivity index (χ0n) is 18.7. The van der Waals surface area contributed by atoms with E-state index in [1.807, 2.05) is 0 Å². The summed E-state index contributed by atoms with van der Waals surface area (Å²) in [6, 6.07) is -0.503. The second-order valence-electron chi connectivity index (χ2n) is 8.98. The van der Waals surface area contributed by atoms with Gasteiger partial charge in [-0.3, -0.25) is 0 Å². The molecule has 27 heavy (non-hydrogen) atoms. The molecule has 0 heterocycles. The van der Waals surface area contributed by atoms with Crippen LogP contribution in [0.3, 0.4) is 0 Å². The Morgan fingerprint density at radius 3 is 1.67 bits per heavy atom. The van der Waals surface area contributed by atoms with Gasteiger partial charge in [0.1, 0.15) is 11.8 Å². The number of hydrogen-bond acceptors (Lipinski definition) is 2. The fourth-order valence-corrected chi connectivity index (χ4v) is 3.19. The number of carbonyl (C=O) groups is 1. The Balaban J connectivity index is 3.47. The first-order valence-corrected chi connectivity index (χ1v) is 11.4. The van der Waals surface area contributed by atoms with Crippen LogP contribution >= 0.6 is 0 Å². The smallest absolute Gasteiger partial charge is 0.407 e. The number of hydrogen-bond donors (Lipinski definition) is 1. The zero-order chi connectivity index (χ0) is 20.5. The molecule has 0 aromatic rings. The summed E-state index contributed by atoms with van der Waals surface area (Å²) in [4.78, 5) is 11.7. The van der Waals surface area contributed by atoms with Gasteiger partial charge < -0.3 is 10.1 Å². The molecule has 0 saturated carbocycles. The van der Waals surface area contributed by atoms with Crippen molar-refractivity contribution in [1.29, 1.82) is 0 Å². The van der Waals surface area contributed by atoms with E-state index in [1.54, 1.807) is 27.7 Å². The zero-order valence-corrected chi connectivity index (χ0v) is 18.7. The largest absolute Gasteiger partial charge is 0.444 e. The van der Waals surface area contributed by atoms with E-state index >= 15 is 0 Å². The average Bonchev–Trinajstić information content (AvgIpc) is 2.57. The Morgan fingerprint density at radius 2 is 1.26 bits per heavy atom. The second-order valence-corrected chi connectivity index (χ2v) is 8.98. The molecule has 1 amide bonds. The van der Waals surface area contributed by atoms with Crippen LogP contribution in [0, 0.1) is 0 Å². The standard InChI is InChI=1S/C23H46FNO2/c1-6-7-8-9-10-11-12-13-14-15-16-17-18-19-21(24)20(2)25-22(26)27-23(3,4)5/h20-21H,6-19H2,1-5H3,(H,25,26)/t20-,21+/m0/s1. The highest BCUT2D eigenvalue weighted by Gasteiger charge is 2.22. The van der Waals surface area contributed by atoms with Gasteiger partial charge in [-0.05, 0) is 34.1 Å². The maximum Gasteiger partial charge on any atom is 0.407 e. The monoisotopic (exact) mass is 387 g/mol. The molecule has 0 aliphatic rings. The second kappa shape index (κ2) is 16.2. The number of carbonyl (C=O) groups excluding carboxylic acids is 1. The minimum Gasteiger partial charge on any atom is -0.444 e. The number of alkyl carbamates (subject to hydrolysis) is 1. The first kappa shape index (κ1) is 26.2. The number of unbranched alkanes of at least 4 members (excludes halogenated alkanes) is 12. The molecule has 162 valence electrons. The van der Waals surface area contributed by atoms with Crippen molar-refractivity contribution in [3.63, 3.8) is 0 Å². The third kappa shape index (κ3) is 18.3. The summed E-state index contributed by atoms with van der Waals surface area (Å²) in [5.41, 5.74) is -0.551. The molecule has 0 aliphatic carbocycles. The summed E-state index contributed by atoms with van der Waals surface area (Å²) in [6.45, 7) is 9.37. The van der Waals surface area contributed by atoms with Crippen molar-refractivity contribution in [3.8, 4) is 0 Å².